The number of fused-ring (bicyclic) bond motifs is 1. The Balaban J connectivity index is 2.36. The molecule has 1 heterocycles. The lowest BCUT2D eigenvalue weighted by Gasteiger charge is -2.07. The molecule has 20 heavy (non-hydrogen) atoms. The van der Waals surface area contributed by atoms with Gasteiger partial charge < -0.3 is 9.62 Å². The quantitative estimate of drug-likeness (QED) is 0.534. The maximum absolute atomic E-state index is 9.25. The van der Waals surface area contributed by atoms with E-state index in [-0.39, 0.29) is 0 Å². The summed E-state index contributed by atoms with van der Waals surface area (Å²) < 4.78 is 5.96. The number of hydrogen-bond acceptors (Lipinski definition) is 3. The van der Waals surface area contributed by atoms with Gasteiger partial charge in [-0.2, -0.15) is 0 Å². The maximum atomic E-state index is 9.25. The van der Waals surface area contributed by atoms with E-state index < -0.39 is 0 Å². The van der Waals surface area contributed by atoms with Crippen molar-refractivity contribution >= 4 is 11.0 Å². The molecule has 3 rings (SSSR count). The standard InChI is InChI=1S/C17H15NO2/c1-11-8-14-15(18-19)10-16(13-6-4-3-5-7-13)20-17(14)9-12(11)2/h3-10,19H,1-2H3/b18-15-. The lowest BCUT2D eigenvalue weighted by molar-refractivity contribution is 0.302. The molecule has 1 aromatic heterocycles. The van der Waals surface area contributed by atoms with Gasteiger partial charge in [0, 0.05) is 17.0 Å². The average molecular weight is 265 g/mol. The topological polar surface area (TPSA) is 45.7 Å². The number of rotatable bonds is 1. The molecule has 3 heteroatoms. The van der Waals surface area contributed by atoms with E-state index in [4.69, 9.17) is 4.42 Å². The van der Waals surface area contributed by atoms with Crippen molar-refractivity contribution in [2.45, 2.75) is 13.8 Å². The number of aryl methyl sites for hydroxylation is 2. The van der Waals surface area contributed by atoms with Gasteiger partial charge in [-0.25, -0.2) is 0 Å². The molecular weight excluding hydrogens is 250 g/mol. The van der Waals surface area contributed by atoms with Gasteiger partial charge in [0.15, 0.2) is 0 Å². The highest BCUT2D eigenvalue weighted by Gasteiger charge is 2.07. The predicted molar refractivity (Wildman–Crippen MR) is 78.5 cm³/mol. The third-order valence-electron chi connectivity index (χ3n) is 3.53. The molecule has 0 fully saturated rings. The van der Waals surface area contributed by atoms with Gasteiger partial charge in [0.2, 0.25) is 0 Å². The van der Waals surface area contributed by atoms with Crippen LogP contribution in [-0.4, -0.2) is 5.21 Å². The first-order valence-corrected chi connectivity index (χ1v) is 6.47. The van der Waals surface area contributed by atoms with Gasteiger partial charge in [-0.15, -0.1) is 0 Å². The van der Waals surface area contributed by atoms with E-state index in [2.05, 4.69) is 5.16 Å². The predicted octanol–water partition coefficient (Wildman–Crippen LogP) is 4.01. The van der Waals surface area contributed by atoms with Crippen LogP contribution in [-0.2, 0) is 0 Å². The summed E-state index contributed by atoms with van der Waals surface area (Å²) in [6, 6.07) is 15.5. The number of nitrogens with zero attached hydrogens (tertiary/aromatic N) is 1. The highest BCUT2D eigenvalue weighted by atomic mass is 16.4. The monoisotopic (exact) mass is 265 g/mol. The zero-order chi connectivity index (χ0) is 14.1. The van der Waals surface area contributed by atoms with Crippen LogP contribution < -0.4 is 5.36 Å². The summed E-state index contributed by atoms with van der Waals surface area (Å²) in [5.74, 6) is 0.689. The van der Waals surface area contributed by atoms with Crippen LogP contribution in [0.2, 0.25) is 0 Å². The van der Waals surface area contributed by atoms with Crippen LogP contribution in [0.4, 0.5) is 0 Å². The highest BCUT2D eigenvalue weighted by molar-refractivity contribution is 5.80. The first-order valence-electron chi connectivity index (χ1n) is 6.47. The molecule has 0 bridgehead atoms. The Labute approximate surface area is 116 Å². The molecule has 0 unspecified atom stereocenters. The molecule has 0 aliphatic carbocycles. The fourth-order valence-corrected chi connectivity index (χ4v) is 2.25. The van der Waals surface area contributed by atoms with Crippen LogP contribution >= 0.6 is 0 Å². The normalized spacial score (nSPS) is 12.0. The van der Waals surface area contributed by atoms with E-state index in [1.165, 1.54) is 0 Å². The molecule has 0 amide bonds. The molecule has 0 spiro atoms. The lowest BCUT2D eigenvalue weighted by Crippen LogP contribution is -2.04. The number of hydrogen-bond donors (Lipinski definition) is 1. The zero-order valence-corrected chi connectivity index (χ0v) is 11.4. The van der Waals surface area contributed by atoms with E-state index in [1.807, 2.05) is 56.3 Å². The third kappa shape index (κ3) is 2.07. The summed E-state index contributed by atoms with van der Waals surface area (Å²) in [5.41, 5.74) is 3.97. The van der Waals surface area contributed by atoms with Crippen molar-refractivity contribution in [2.24, 2.45) is 5.16 Å². The first kappa shape index (κ1) is 12.5. The smallest absolute Gasteiger partial charge is 0.137 e. The van der Waals surface area contributed by atoms with E-state index in [9.17, 15) is 5.21 Å². The van der Waals surface area contributed by atoms with Crippen LogP contribution in [0.15, 0.2) is 58.1 Å². The molecule has 0 atom stereocenters. The summed E-state index contributed by atoms with van der Waals surface area (Å²) in [7, 11) is 0. The summed E-state index contributed by atoms with van der Waals surface area (Å²) in [6.45, 7) is 4.07. The molecule has 3 aromatic rings. The molecule has 1 N–H and O–H groups in total. The molecule has 100 valence electrons. The molecule has 0 aliphatic rings. The van der Waals surface area contributed by atoms with Gasteiger partial charge in [0.05, 0.1) is 0 Å². The van der Waals surface area contributed by atoms with Crippen molar-refractivity contribution in [2.75, 3.05) is 0 Å². The van der Waals surface area contributed by atoms with Gasteiger partial charge >= 0.3 is 0 Å². The third-order valence-corrected chi connectivity index (χ3v) is 3.53. The van der Waals surface area contributed by atoms with Crippen LogP contribution in [0, 0.1) is 13.8 Å². The largest absolute Gasteiger partial charge is 0.456 e. The van der Waals surface area contributed by atoms with E-state index in [0.29, 0.717) is 11.1 Å². The highest BCUT2D eigenvalue weighted by Crippen LogP contribution is 2.23. The van der Waals surface area contributed by atoms with Gasteiger partial charge in [0.25, 0.3) is 0 Å². The van der Waals surface area contributed by atoms with E-state index in [0.717, 1.165) is 27.7 Å². The van der Waals surface area contributed by atoms with Crippen molar-refractivity contribution in [3.8, 4) is 11.3 Å². The van der Waals surface area contributed by atoms with Gasteiger partial charge in [0.1, 0.15) is 16.7 Å². The Bertz CT molecular complexity index is 833. The second-order valence-electron chi connectivity index (χ2n) is 4.89. The van der Waals surface area contributed by atoms with Crippen molar-refractivity contribution in [3.63, 3.8) is 0 Å². The summed E-state index contributed by atoms with van der Waals surface area (Å²) >= 11 is 0. The average Bonchev–Trinajstić information content (AvgIpc) is 2.48. The van der Waals surface area contributed by atoms with Crippen molar-refractivity contribution in [1.82, 2.24) is 0 Å². The molecule has 0 radical (unpaired) electrons. The summed E-state index contributed by atoms with van der Waals surface area (Å²) in [6.07, 6.45) is 0. The maximum Gasteiger partial charge on any atom is 0.137 e. The fourth-order valence-electron chi connectivity index (χ4n) is 2.25. The summed E-state index contributed by atoms with van der Waals surface area (Å²) in [4.78, 5) is 0. The van der Waals surface area contributed by atoms with Crippen LogP contribution in [0.5, 0.6) is 0 Å². The minimum absolute atomic E-state index is 0.521. The first-order chi connectivity index (χ1) is 9.69. The Morgan fingerprint density at radius 1 is 0.950 bits per heavy atom. The molecule has 3 nitrogen and oxygen atoms in total. The fraction of sp³-hybridized carbons (Fsp3) is 0.118. The Kier molecular flexibility index (Phi) is 3.03. The van der Waals surface area contributed by atoms with Crippen molar-refractivity contribution < 1.29 is 9.62 Å². The second-order valence-corrected chi connectivity index (χ2v) is 4.89. The molecule has 0 saturated heterocycles. The van der Waals surface area contributed by atoms with E-state index >= 15 is 0 Å². The zero-order valence-electron chi connectivity index (χ0n) is 11.4. The van der Waals surface area contributed by atoms with E-state index in [1.54, 1.807) is 6.07 Å². The summed E-state index contributed by atoms with van der Waals surface area (Å²) in [5, 5.41) is 14.0. The van der Waals surface area contributed by atoms with Gasteiger partial charge in [-0.1, -0.05) is 35.5 Å². The lowest BCUT2D eigenvalue weighted by atomic mass is 10.1. The van der Waals surface area contributed by atoms with Crippen LogP contribution in [0.25, 0.3) is 22.3 Å². The minimum atomic E-state index is 0.521. The molecule has 0 saturated carbocycles. The Morgan fingerprint density at radius 2 is 1.65 bits per heavy atom. The van der Waals surface area contributed by atoms with Crippen LogP contribution in [0.1, 0.15) is 11.1 Å². The number of benzene rings is 2. The Hall–Kier alpha value is -2.55. The molecule has 2 aromatic carbocycles. The van der Waals surface area contributed by atoms with Crippen molar-refractivity contribution in [1.29, 1.82) is 0 Å². The molecule has 0 aliphatic heterocycles. The van der Waals surface area contributed by atoms with Gasteiger partial charge in [-0.3, -0.25) is 0 Å². The SMILES string of the molecule is Cc1cc2oc(-c3ccccc3)c/c(=N/O)c2cc1C. The van der Waals surface area contributed by atoms with Gasteiger partial charge in [-0.05, 0) is 37.1 Å². The van der Waals surface area contributed by atoms with Crippen LogP contribution in [0.3, 0.4) is 0 Å². The second kappa shape index (κ2) is 4.85. The molecular formula is C17H15NO2. The minimum Gasteiger partial charge on any atom is -0.456 e. The van der Waals surface area contributed by atoms with Crippen molar-refractivity contribution in [3.05, 3.63) is 65.0 Å². The Morgan fingerprint density at radius 3 is 2.35 bits per heavy atom.